The second kappa shape index (κ2) is 6.94. The molecule has 2 rings (SSSR count). The van der Waals surface area contributed by atoms with E-state index in [9.17, 15) is 4.79 Å². The predicted molar refractivity (Wildman–Crippen MR) is 91.3 cm³/mol. The summed E-state index contributed by atoms with van der Waals surface area (Å²) in [7, 11) is 1.62. The van der Waals surface area contributed by atoms with Crippen LogP contribution in [0.3, 0.4) is 0 Å². The van der Waals surface area contributed by atoms with Crippen molar-refractivity contribution in [2.24, 2.45) is 0 Å². The van der Waals surface area contributed by atoms with E-state index in [-0.39, 0.29) is 5.91 Å². The molecule has 0 aliphatic carbocycles. The average Bonchev–Trinajstić information content (AvgIpc) is 2.49. The summed E-state index contributed by atoms with van der Waals surface area (Å²) in [5.74, 6) is 0.600. The fourth-order valence-corrected chi connectivity index (χ4v) is 2.33. The van der Waals surface area contributed by atoms with Crippen LogP contribution in [0.5, 0.6) is 5.75 Å². The van der Waals surface area contributed by atoms with Crippen molar-refractivity contribution in [2.75, 3.05) is 12.4 Å². The van der Waals surface area contributed by atoms with Gasteiger partial charge in [0.2, 0.25) is 5.91 Å². The second-order valence-corrected chi connectivity index (χ2v) is 5.33. The van der Waals surface area contributed by atoms with Gasteiger partial charge in [-0.05, 0) is 50.1 Å². The Morgan fingerprint density at radius 1 is 1.09 bits per heavy atom. The molecular formula is C19H21NO2. The van der Waals surface area contributed by atoms with Gasteiger partial charge in [-0.2, -0.15) is 0 Å². The Morgan fingerprint density at radius 3 is 2.41 bits per heavy atom. The van der Waals surface area contributed by atoms with Crippen molar-refractivity contribution in [1.29, 1.82) is 0 Å². The zero-order valence-electron chi connectivity index (χ0n) is 13.4. The number of ether oxygens (including phenoxy) is 1. The largest absolute Gasteiger partial charge is 0.496 e. The van der Waals surface area contributed by atoms with Gasteiger partial charge in [-0.25, -0.2) is 0 Å². The fourth-order valence-electron chi connectivity index (χ4n) is 2.33. The van der Waals surface area contributed by atoms with Crippen LogP contribution in [0.1, 0.15) is 22.3 Å². The monoisotopic (exact) mass is 295 g/mol. The van der Waals surface area contributed by atoms with Crippen LogP contribution in [0.15, 0.2) is 42.5 Å². The molecule has 0 atom stereocenters. The van der Waals surface area contributed by atoms with Crippen LogP contribution >= 0.6 is 0 Å². The maximum absolute atomic E-state index is 12.1. The highest BCUT2D eigenvalue weighted by Gasteiger charge is 2.05. The molecule has 0 saturated heterocycles. The van der Waals surface area contributed by atoms with E-state index in [1.54, 1.807) is 13.2 Å². The lowest BCUT2D eigenvalue weighted by Crippen LogP contribution is -2.10. The van der Waals surface area contributed by atoms with E-state index in [4.69, 9.17) is 4.74 Å². The first-order valence-corrected chi connectivity index (χ1v) is 7.21. The van der Waals surface area contributed by atoms with Gasteiger partial charge in [-0.3, -0.25) is 4.79 Å². The van der Waals surface area contributed by atoms with Crippen molar-refractivity contribution in [3.63, 3.8) is 0 Å². The first kappa shape index (κ1) is 15.8. The van der Waals surface area contributed by atoms with Crippen LogP contribution in [0.4, 0.5) is 5.69 Å². The molecule has 22 heavy (non-hydrogen) atoms. The minimum atomic E-state index is -0.152. The lowest BCUT2D eigenvalue weighted by atomic mass is 10.1. The van der Waals surface area contributed by atoms with E-state index in [1.807, 2.05) is 57.2 Å². The molecule has 1 N–H and O–H groups in total. The van der Waals surface area contributed by atoms with Gasteiger partial charge in [0.15, 0.2) is 0 Å². The zero-order chi connectivity index (χ0) is 16.1. The van der Waals surface area contributed by atoms with Gasteiger partial charge in [0.1, 0.15) is 5.75 Å². The molecule has 0 aliphatic heterocycles. The summed E-state index contributed by atoms with van der Waals surface area (Å²) in [6, 6.07) is 11.8. The van der Waals surface area contributed by atoms with Gasteiger partial charge >= 0.3 is 0 Å². The van der Waals surface area contributed by atoms with Crippen LogP contribution in [-0.2, 0) is 4.79 Å². The van der Waals surface area contributed by atoms with Gasteiger partial charge in [0.25, 0.3) is 0 Å². The number of para-hydroxylation sites is 1. The van der Waals surface area contributed by atoms with Crippen LogP contribution in [0, 0.1) is 20.8 Å². The highest BCUT2D eigenvalue weighted by Crippen LogP contribution is 2.22. The summed E-state index contributed by atoms with van der Waals surface area (Å²) < 4.78 is 5.31. The number of anilines is 1. The maximum Gasteiger partial charge on any atom is 0.248 e. The van der Waals surface area contributed by atoms with Crippen molar-refractivity contribution in [1.82, 2.24) is 0 Å². The van der Waals surface area contributed by atoms with Crippen LogP contribution in [0.2, 0.25) is 0 Å². The molecule has 0 aromatic heterocycles. The second-order valence-electron chi connectivity index (χ2n) is 5.33. The number of carbonyl (C=O) groups excluding carboxylic acids is 1. The number of benzene rings is 2. The summed E-state index contributed by atoms with van der Waals surface area (Å²) in [6.07, 6.45) is 3.30. The Balaban J connectivity index is 2.17. The average molecular weight is 295 g/mol. The first-order valence-electron chi connectivity index (χ1n) is 7.21. The standard InChI is InChI=1S/C19H21NO2/c1-13-8-10-17(22-4)16(12-13)9-11-18(21)20-19-14(2)6-5-7-15(19)3/h5-12H,1-4H3,(H,20,21)/b11-9+. The number of carbonyl (C=O) groups is 1. The third-order valence-electron chi connectivity index (χ3n) is 3.53. The van der Waals surface area contributed by atoms with E-state index in [2.05, 4.69) is 5.32 Å². The molecule has 114 valence electrons. The molecule has 0 spiro atoms. The van der Waals surface area contributed by atoms with Crippen molar-refractivity contribution in [2.45, 2.75) is 20.8 Å². The van der Waals surface area contributed by atoms with Gasteiger partial charge in [0.05, 0.1) is 7.11 Å². The zero-order valence-corrected chi connectivity index (χ0v) is 13.4. The molecule has 0 heterocycles. The van der Waals surface area contributed by atoms with E-state index < -0.39 is 0 Å². The van der Waals surface area contributed by atoms with Gasteiger partial charge in [-0.1, -0.05) is 29.8 Å². The molecule has 1 amide bonds. The molecule has 2 aromatic carbocycles. The third kappa shape index (κ3) is 3.76. The highest BCUT2D eigenvalue weighted by atomic mass is 16.5. The van der Waals surface area contributed by atoms with E-state index in [0.29, 0.717) is 0 Å². The van der Waals surface area contributed by atoms with E-state index >= 15 is 0 Å². The van der Waals surface area contributed by atoms with E-state index in [1.165, 1.54) is 6.08 Å². The Hall–Kier alpha value is -2.55. The Kier molecular flexibility index (Phi) is 4.99. The normalized spacial score (nSPS) is 10.7. The minimum absolute atomic E-state index is 0.152. The number of hydrogen-bond acceptors (Lipinski definition) is 2. The topological polar surface area (TPSA) is 38.3 Å². The van der Waals surface area contributed by atoms with Crippen molar-refractivity contribution in [3.05, 3.63) is 64.7 Å². The molecule has 3 nitrogen and oxygen atoms in total. The molecule has 0 radical (unpaired) electrons. The molecule has 0 fully saturated rings. The van der Waals surface area contributed by atoms with Crippen molar-refractivity contribution < 1.29 is 9.53 Å². The summed E-state index contributed by atoms with van der Waals surface area (Å²) in [6.45, 7) is 5.97. The Labute approximate surface area is 131 Å². The highest BCUT2D eigenvalue weighted by molar-refractivity contribution is 6.03. The maximum atomic E-state index is 12.1. The SMILES string of the molecule is COc1ccc(C)cc1/C=C/C(=O)Nc1c(C)cccc1C. The summed E-state index contributed by atoms with van der Waals surface area (Å²) >= 11 is 0. The molecule has 0 bridgehead atoms. The molecule has 3 heteroatoms. The lowest BCUT2D eigenvalue weighted by Gasteiger charge is -2.10. The predicted octanol–water partition coefficient (Wildman–Crippen LogP) is 4.27. The fraction of sp³-hybridized carbons (Fsp3) is 0.211. The van der Waals surface area contributed by atoms with Gasteiger partial charge < -0.3 is 10.1 Å². The van der Waals surface area contributed by atoms with Crippen molar-refractivity contribution in [3.8, 4) is 5.75 Å². The lowest BCUT2D eigenvalue weighted by molar-refractivity contribution is -0.111. The van der Waals surface area contributed by atoms with Crippen LogP contribution in [0.25, 0.3) is 6.08 Å². The number of hydrogen-bond donors (Lipinski definition) is 1. The molecular weight excluding hydrogens is 274 g/mol. The quantitative estimate of drug-likeness (QED) is 0.855. The number of amides is 1. The summed E-state index contributed by atoms with van der Waals surface area (Å²) in [5, 5.41) is 2.93. The van der Waals surface area contributed by atoms with Crippen molar-refractivity contribution >= 4 is 17.7 Å². The third-order valence-corrected chi connectivity index (χ3v) is 3.53. The Morgan fingerprint density at radius 2 is 1.77 bits per heavy atom. The summed E-state index contributed by atoms with van der Waals surface area (Å²) in [5.41, 5.74) is 4.98. The minimum Gasteiger partial charge on any atom is -0.496 e. The molecule has 0 saturated carbocycles. The first-order chi connectivity index (χ1) is 10.5. The number of aryl methyl sites for hydroxylation is 3. The number of rotatable bonds is 4. The molecule has 0 aliphatic rings. The van der Waals surface area contributed by atoms with Crippen LogP contribution in [-0.4, -0.2) is 13.0 Å². The van der Waals surface area contributed by atoms with Gasteiger partial charge in [0, 0.05) is 17.3 Å². The molecule has 2 aromatic rings. The smallest absolute Gasteiger partial charge is 0.248 e. The van der Waals surface area contributed by atoms with Gasteiger partial charge in [-0.15, -0.1) is 0 Å². The Bertz CT molecular complexity index is 697. The summed E-state index contributed by atoms with van der Waals surface area (Å²) in [4.78, 5) is 12.1. The van der Waals surface area contributed by atoms with E-state index in [0.717, 1.165) is 33.7 Å². The number of methoxy groups -OCH3 is 1. The molecule has 0 unspecified atom stereocenters. The number of nitrogens with one attached hydrogen (secondary N) is 1. The van der Waals surface area contributed by atoms with Crippen LogP contribution < -0.4 is 10.1 Å².